The van der Waals surface area contributed by atoms with Crippen molar-refractivity contribution in [1.29, 1.82) is 15.8 Å². The summed E-state index contributed by atoms with van der Waals surface area (Å²) in [6, 6.07) is 31.4. The van der Waals surface area contributed by atoms with E-state index in [1.165, 1.54) is 0 Å². The van der Waals surface area contributed by atoms with Crippen molar-refractivity contribution in [3.05, 3.63) is 135 Å². The summed E-state index contributed by atoms with van der Waals surface area (Å²) in [7, 11) is 1.59. The molecule has 0 aliphatic rings. The van der Waals surface area contributed by atoms with Gasteiger partial charge in [-0.25, -0.2) is 0 Å². The van der Waals surface area contributed by atoms with Crippen LogP contribution in [0.4, 0.5) is 0 Å². The molecular formula is C34H17N3O. The molecule has 4 aromatic rings. The Labute approximate surface area is 222 Å². The highest BCUT2D eigenvalue weighted by Crippen LogP contribution is 2.17. The van der Waals surface area contributed by atoms with E-state index in [4.69, 9.17) is 4.74 Å². The molecule has 0 fully saturated rings. The Morgan fingerprint density at radius 1 is 0.447 bits per heavy atom. The van der Waals surface area contributed by atoms with E-state index in [2.05, 4.69) is 53.7 Å². The first-order valence-corrected chi connectivity index (χ1v) is 11.4. The van der Waals surface area contributed by atoms with Crippen molar-refractivity contribution in [3.63, 3.8) is 0 Å². The molecule has 0 radical (unpaired) electrons. The van der Waals surface area contributed by atoms with Gasteiger partial charge in [0, 0.05) is 27.8 Å². The average molecular weight is 484 g/mol. The SMILES string of the molecule is COc1ccccc1C#Cc1ccc(C#Cc2ccc(C#Cc3ccccc3C#N)cc2C#N)cc1C#N. The Kier molecular flexibility index (Phi) is 7.87. The fraction of sp³-hybridized carbons (Fsp3) is 0.0294. The first-order chi connectivity index (χ1) is 18.6. The Morgan fingerprint density at radius 3 is 1.39 bits per heavy atom. The summed E-state index contributed by atoms with van der Waals surface area (Å²) < 4.78 is 5.33. The van der Waals surface area contributed by atoms with Crippen LogP contribution < -0.4 is 4.74 Å². The molecule has 0 saturated heterocycles. The first-order valence-electron chi connectivity index (χ1n) is 11.4. The molecule has 0 amide bonds. The van der Waals surface area contributed by atoms with Gasteiger partial charge in [0.2, 0.25) is 0 Å². The van der Waals surface area contributed by atoms with Gasteiger partial charge in [-0.2, -0.15) is 15.8 Å². The summed E-state index contributed by atoms with van der Waals surface area (Å²) in [5.41, 5.74) is 5.06. The molecular weight excluding hydrogens is 466 g/mol. The zero-order valence-corrected chi connectivity index (χ0v) is 20.3. The van der Waals surface area contributed by atoms with Gasteiger partial charge in [0.05, 0.1) is 29.4 Å². The van der Waals surface area contributed by atoms with Gasteiger partial charge in [0.25, 0.3) is 0 Å². The Morgan fingerprint density at radius 2 is 0.868 bits per heavy atom. The van der Waals surface area contributed by atoms with E-state index in [9.17, 15) is 15.8 Å². The number of para-hydroxylation sites is 1. The number of nitrogens with zero attached hydrogens (tertiary/aromatic N) is 3. The Balaban J connectivity index is 1.59. The van der Waals surface area contributed by atoms with Gasteiger partial charge >= 0.3 is 0 Å². The minimum atomic E-state index is 0.387. The monoisotopic (exact) mass is 483 g/mol. The van der Waals surface area contributed by atoms with E-state index in [1.54, 1.807) is 61.7 Å². The third-order valence-corrected chi connectivity index (χ3v) is 5.45. The van der Waals surface area contributed by atoms with Crippen LogP contribution in [0.1, 0.15) is 50.1 Å². The number of benzene rings is 4. The minimum Gasteiger partial charge on any atom is -0.495 e. The van der Waals surface area contributed by atoms with Crippen molar-refractivity contribution in [2.75, 3.05) is 7.11 Å². The van der Waals surface area contributed by atoms with Crippen LogP contribution in [0.2, 0.25) is 0 Å². The van der Waals surface area contributed by atoms with Gasteiger partial charge in [-0.15, -0.1) is 0 Å². The standard InChI is InChI=1S/C34H17N3O/c1-38-34-9-5-4-7-30(34)19-18-29-17-13-26(21-33(29)24-37)12-16-28-15-11-25(20-32(28)23-36)10-14-27-6-2-3-8-31(27)22-35/h2-9,11,13,15,17,20-21H,1H3. The molecule has 4 aromatic carbocycles. The number of hydrogen-bond donors (Lipinski definition) is 0. The first kappa shape index (κ1) is 24.9. The molecule has 0 aliphatic heterocycles. The smallest absolute Gasteiger partial charge is 0.134 e. The van der Waals surface area contributed by atoms with E-state index in [1.807, 2.05) is 30.3 Å². The summed E-state index contributed by atoms with van der Waals surface area (Å²) in [5.74, 6) is 18.8. The third kappa shape index (κ3) is 5.90. The van der Waals surface area contributed by atoms with E-state index in [0.29, 0.717) is 50.3 Å². The highest BCUT2D eigenvalue weighted by molar-refractivity contribution is 5.59. The summed E-state index contributed by atoms with van der Waals surface area (Å²) in [6.07, 6.45) is 0. The lowest BCUT2D eigenvalue weighted by molar-refractivity contribution is 0.413. The molecule has 174 valence electrons. The van der Waals surface area contributed by atoms with Crippen LogP contribution in [0, 0.1) is 69.5 Å². The molecule has 4 rings (SSSR count). The van der Waals surface area contributed by atoms with Crippen LogP contribution in [-0.2, 0) is 0 Å². The summed E-state index contributed by atoms with van der Waals surface area (Å²) >= 11 is 0. The normalized spacial score (nSPS) is 9.00. The molecule has 4 nitrogen and oxygen atoms in total. The fourth-order valence-corrected chi connectivity index (χ4v) is 3.50. The lowest BCUT2D eigenvalue weighted by Crippen LogP contribution is -1.89. The van der Waals surface area contributed by atoms with Gasteiger partial charge in [-0.3, -0.25) is 0 Å². The average Bonchev–Trinajstić information content (AvgIpc) is 2.98. The summed E-state index contributed by atoms with van der Waals surface area (Å²) in [5, 5.41) is 28.5. The zero-order chi connectivity index (χ0) is 26.7. The van der Waals surface area contributed by atoms with E-state index < -0.39 is 0 Å². The molecule has 0 unspecified atom stereocenters. The third-order valence-electron chi connectivity index (χ3n) is 5.45. The second-order valence-electron chi connectivity index (χ2n) is 7.85. The van der Waals surface area contributed by atoms with Gasteiger partial charge in [0.15, 0.2) is 0 Å². The zero-order valence-electron chi connectivity index (χ0n) is 20.3. The minimum absolute atomic E-state index is 0.387. The molecule has 0 aliphatic carbocycles. The predicted octanol–water partition coefficient (Wildman–Crippen LogP) is 5.51. The van der Waals surface area contributed by atoms with Crippen LogP contribution in [0.5, 0.6) is 5.75 Å². The van der Waals surface area contributed by atoms with Crippen molar-refractivity contribution >= 4 is 0 Å². The maximum absolute atomic E-state index is 9.64. The Hall–Kier alpha value is -6.17. The maximum atomic E-state index is 9.64. The van der Waals surface area contributed by atoms with Gasteiger partial charge in [-0.1, -0.05) is 59.8 Å². The lowest BCUT2D eigenvalue weighted by Gasteiger charge is -2.01. The molecule has 38 heavy (non-hydrogen) atoms. The van der Waals surface area contributed by atoms with E-state index in [0.717, 1.165) is 5.56 Å². The van der Waals surface area contributed by atoms with E-state index in [-0.39, 0.29) is 0 Å². The second kappa shape index (κ2) is 12.0. The highest BCUT2D eigenvalue weighted by Gasteiger charge is 2.04. The second-order valence-corrected chi connectivity index (χ2v) is 7.85. The van der Waals surface area contributed by atoms with E-state index >= 15 is 0 Å². The van der Waals surface area contributed by atoms with Crippen LogP contribution >= 0.6 is 0 Å². The van der Waals surface area contributed by atoms with Crippen molar-refractivity contribution in [3.8, 4) is 59.5 Å². The maximum Gasteiger partial charge on any atom is 0.134 e. The van der Waals surface area contributed by atoms with Crippen LogP contribution in [0.3, 0.4) is 0 Å². The molecule has 0 N–H and O–H groups in total. The number of hydrogen-bond acceptors (Lipinski definition) is 4. The predicted molar refractivity (Wildman–Crippen MR) is 144 cm³/mol. The molecule has 0 bridgehead atoms. The number of methoxy groups -OCH3 is 1. The van der Waals surface area contributed by atoms with Gasteiger partial charge in [-0.05, 0) is 60.7 Å². The van der Waals surface area contributed by atoms with Crippen molar-refractivity contribution in [2.45, 2.75) is 0 Å². The van der Waals surface area contributed by atoms with Crippen LogP contribution in [0.25, 0.3) is 0 Å². The molecule has 0 spiro atoms. The lowest BCUT2D eigenvalue weighted by atomic mass is 10.0. The molecule has 0 atom stereocenters. The van der Waals surface area contributed by atoms with Crippen molar-refractivity contribution < 1.29 is 4.74 Å². The number of nitriles is 3. The summed E-state index contributed by atoms with van der Waals surface area (Å²) in [4.78, 5) is 0. The van der Waals surface area contributed by atoms with Crippen molar-refractivity contribution in [2.24, 2.45) is 0 Å². The van der Waals surface area contributed by atoms with Crippen LogP contribution in [-0.4, -0.2) is 7.11 Å². The molecule has 4 heteroatoms. The van der Waals surface area contributed by atoms with Gasteiger partial charge < -0.3 is 4.74 Å². The quantitative estimate of drug-likeness (QED) is 0.335. The molecule has 0 heterocycles. The fourth-order valence-electron chi connectivity index (χ4n) is 3.50. The number of rotatable bonds is 1. The summed E-state index contributed by atoms with van der Waals surface area (Å²) in [6.45, 7) is 0. The molecule has 0 aromatic heterocycles. The number of ether oxygens (including phenoxy) is 1. The topological polar surface area (TPSA) is 80.6 Å². The largest absolute Gasteiger partial charge is 0.495 e. The van der Waals surface area contributed by atoms with Crippen molar-refractivity contribution in [1.82, 2.24) is 0 Å². The highest BCUT2D eigenvalue weighted by atomic mass is 16.5. The molecule has 0 saturated carbocycles. The van der Waals surface area contributed by atoms with Crippen LogP contribution in [0.15, 0.2) is 84.9 Å². The Bertz CT molecular complexity index is 1860. The van der Waals surface area contributed by atoms with Gasteiger partial charge in [0.1, 0.15) is 24.0 Å².